The van der Waals surface area contributed by atoms with E-state index >= 15 is 0 Å². The molecular formula is C11H6F3N3O. The van der Waals surface area contributed by atoms with Crippen molar-refractivity contribution in [2.45, 2.75) is 6.30 Å². The highest BCUT2D eigenvalue weighted by atomic mass is 19.4. The Morgan fingerprint density at radius 1 is 1.11 bits per heavy atom. The zero-order valence-electron chi connectivity index (χ0n) is 8.85. The first kappa shape index (κ1) is 10.8. The van der Waals surface area contributed by atoms with Crippen molar-refractivity contribution >= 4 is 16.7 Å². The van der Waals surface area contributed by atoms with E-state index in [9.17, 15) is 18.0 Å². The smallest absolute Gasteiger partial charge is 0.294 e. The van der Waals surface area contributed by atoms with Gasteiger partial charge in [-0.05, 0) is 12.1 Å². The van der Waals surface area contributed by atoms with Crippen LogP contribution in [0.3, 0.4) is 0 Å². The van der Waals surface area contributed by atoms with Crippen LogP contribution in [0.5, 0.6) is 0 Å². The number of halogens is 3. The van der Waals surface area contributed by atoms with Crippen molar-refractivity contribution in [2.75, 3.05) is 0 Å². The van der Waals surface area contributed by atoms with Crippen LogP contribution in [-0.4, -0.2) is 14.0 Å². The maximum absolute atomic E-state index is 12.9. The maximum Gasteiger partial charge on any atom is 0.492 e. The summed E-state index contributed by atoms with van der Waals surface area (Å²) in [6.45, 7) is 0. The number of hydrogen-bond donors (Lipinski definition) is 0. The van der Waals surface area contributed by atoms with Crippen LogP contribution in [0.4, 0.5) is 13.2 Å². The topological polar surface area (TPSA) is 39.3 Å². The molecule has 2 aromatic heterocycles. The van der Waals surface area contributed by atoms with E-state index in [1.54, 1.807) is 6.07 Å². The number of para-hydroxylation sites is 2. The van der Waals surface area contributed by atoms with E-state index in [1.165, 1.54) is 35.0 Å². The molecule has 0 unspecified atom stereocenters. The Balaban J connectivity index is 2.67. The summed E-state index contributed by atoms with van der Waals surface area (Å²) in [7, 11) is 0. The standard InChI is InChI=1S/C11H6F3N3O/c12-11(13,14)17-8-4-2-1-3-7(8)16-6-5-15-9(16)10(17)18/h1-6H. The van der Waals surface area contributed by atoms with Gasteiger partial charge in [-0.25, -0.2) is 9.55 Å². The average Bonchev–Trinajstić information content (AvgIpc) is 2.77. The van der Waals surface area contributed by atoms with Gasteiger partial charge in [0.2, 0.25) is 5.65 Å². The fourth-order valence-corrected chi connectivity index (χ4v) is 1.97. The largest absolute Gasteiger partial charge is 0.492 e. The van der Waals surface area contributed by atoms with Crippen molar-refractivity contribution in [2.24, 2.45) is 0 Å². The SMILES string of the molecule is O=c1c2nccn2c2ccccc2n1C(F)(F)F. The highest BCUT2D eigenvalue weighted by Gasteiger charge is 2.34. The molecule has 4 nitrogen and oxygen atoms in total. The number of nitrogens with zero attached hydrogens (tertiary/aromatic N) is 3. The fraction of sp³-hybridized carbons (Fsp3) is 0.0909. The zero-order chi connectivity index (χ0) is 12.9. The van der Waals surface area contributed by atoms with E-state index in [2.05, 4.69) is 4.98 Å². The van der Waals surface area contributed by atoms with Gasteiger partial charge in [0.05, 0.1) is 11.0 Å². The predicted molar refractivity (Wildman–Crippen MR) is 58.3 cm³/mol. The monoisotopic (exact) mass is 253 g/mol. The fourth-order valence-electron chi connectivity index (χ4n) is 1.97. The summed E-state index contributed by atoms with van der Waals surface area (Å²) in [4.78, 5) is 15.5. The lowest BCUT2D eigenvalue weighted by Gasteiger charge is -2.14. The summed E-state index contributed by atoms with van der Waals surface area (Å²) in [6, 6.07) is 5.81. The van der Waals surface area contributed by atoms with Gasteiger partial charge in [-0.3, -0.25) is 9.20 Å². The summed E-state index contributed by atoms with van der Waals surface area (Å²) < 4.78 is 40.0. The molecule has 18 heavy (non-hydrogen) atoms. The lowest BCUT2D eigenvalue weighted by molar-refractivity contribution is -0.202. The van der Waals surface area contributed by atoms with E-state index in [0.717, 1.165) is 0 Å². The van der Waals surface area contributed by atoms with E-state index in [4.69, 9.17) is 0 Å². The zero-order valence-corrected chi connectivity index (χ0v) is 8.85. The molecule has 0 saturated heterocycles. The molecule has 0 N–H and O–H groups in total. The predicted octanol–water partition coefficient (Wildman–Crippen LogP) is 2.13. The summed E-state index contributed by atoms with van der Waals surface area (Å²) in [6.07, 6.45) is -2.02. The van der Waals surface area contributed by atoms with Gasteiger partial charge in [-0.2, -0.15) is 0 Å². The molecule has 0 bridgehead atoms. The second-order valence-corrected chi connectivity index (χ2v) is 3.72. The van der Waals surface area contributed by atoms with Crippen LogP contribution in [0.1, 0.15) is 0 Å². The molecule has 0 atom stereocenters. The highest BCUT2D eigenvalue weighted by Crippen LogP contribution is 2.25. The quantitative estimate of drug-likeness (QED) is 0.615. The molecule has 3 rings (SSSR count). The normalized spacial score (nSPS) is 12.4. The van der Waals surface area contributed by atoms with Crippen LogP contribution in [0.25, 0.3) is 16.7 Å². The maximum atomic E-state index is 12.9. The first-order valence-electron chi connectivity index (χ1n) is 5.04. The molecule has 0 aliphatic rings. The van der Waals surface area contributed by atoms with Crippen LogP contribution >= 0.6 is 0 Å². The number of aromatic nitrogens is 3. The van der Waals surface area contributed by atoms with E-state index < -0.39 is 11.9 Å². The number of alkyl halides is 3. The summed E-state index contributed by atoms with van der Waals surface area (Å²) in [5.74, 6) is 0. The average molecular weight is 253 g/mol. The Labute approximate surface area is 97.9 Å². The number of fused-ring (bicyclic) bond motifs is 3. The molecule has 1 aromatic carbocycles. The first-order valence-corrected chi connectivity index (χ1v) is 5.04. The van der Waals surface area contributed by atoms with Gasteiger partial charge in [0.15, 0.2) is 0 Å². The van der Waals surface area contributed by atoms with Gasteiger partial charge >= 0.3 is 11.9 Å². The minimum Gasteiger partial charge on any atom is -0.294 e. The number of rotatable bonds is 0. The molecular weight excluding hydrogens is 247 g/mol. The summed E-state index contributed by atoms with van der Waals surface area (Å²) in [5.41, 5.74) is -1.33. The van der Waals surface area contributed by atoms with Gasteiger partial charge in [0.1, 0.15) is 0 Å². The van der Waals surface area contributed by atoms with E-state index in [1.807, 2.05) is 0 Å². The van der Waals surface area contributed by atoms with Crippen LogP contribution in [0, 0.1) is 0 Å². The second-order valence-electron chi connectivity index (χ2n) is 3.72. The lowest BCUT2D eigenvalue weighted by atomic mass is 10.3. The molecule has 0 saturated carbocycles. The number of benzene rings is 1. The van der Waals surface area contributed by atoms with Crippen molar-refractivity contribution in [3.63, 3.8) is 0 Å². The van der Waals surface area contributed by atoms with Gasteiger partial charge in [-0.15, -0.1) is 13.2 Å². The van der Waals surface area contributed by atoms with Gasteiger partial charge in [0.25, 0.3) is 0 Å². The Morgan fingerprint density at radius 2 is 1.78 bits per heavy atom. The molecule has 92 valence electrons. The van der Waals surface area contributed by atoms with Crippen molar-refractivity contribution in [3.05, 3.63) is 47.0 Å². The van der Waals surface area contributed by atoms with Crippen LogP contribution in [0.15, 0.2) is 41.5 Å². The molecule has 0 amide bonds. The minimum absolute atomic E-state index is 0.190. The van der Waals surface area contributed by atoms with Crippen molar-refractivity contribution in [1.82, 2.24) is 14.0 Å². The van der Waals surface area contributed by atoms with Crippen molar-refractivity contribution < 1.29 is 13.2 Å². The second kappa shape index (κ2) is 3.34. The number of imidazole rings is 1. The molecule has 0 aliphatic heterocycles. The van der Waals surface area contributed by atoms with Gasteiger partial charge in [-0.1, -0.05) is 12.1 Å². The third-order valence-electron chi connectivity index (χ3n) is 2.67. The summed E-state index contributed by atoms with van der Waals surface area (Å²) >= 11 is 0. The van der Waals surface area contributed by atoms with Gasteiger partial charge < -0.3 is 0 Å². The van der Waals surface area contributed by atoms with E-state index in [-0.39, 0.29) is 21.2 Å². The molecule has 0 spiro atoms. The summed E-state index contributed by atoms with van der Waals surface area (Å²) in [5, 5.41) is 0. The Hall–Kier alpha value is -2.31. The molecule has 0 aliphatic carbocycles. The Kier molecular flexibility index (Phi) is 2.01. The van der Waals surface area contributed by atoms with E-state index in [0.29, 0.717) is 0 Å². The van der Waals surface area contributed by atoms with Crippen LogP contribution in [0.2, 0.25) is 0 Å². The highest BCUT2D eigenvalue weighted by molar-refractivity contribution is 5.78. The lowest BCUT2D eigenvalue weighted by Crippen LogP contribution is -2.32. The van der Waals surface area contributed by atoms with Crippen LogP contribution < -0.4 is 5.56 Å². The third-order valence-corrected chi connectivity index (χ3v) is 2.67. The Morgan fingerprint density at radius 3 is 2.44 bits per heavy atom. The van der Waals surface area contributed by atoms with Gasteiger partial charge in [0, 0.05) is 12.4 Å². The molecule has 0 fully saturated rings. The van der Waals surface area contributed by atoms with Crippen molar-refractivity contribution in [3.8, 4) is 0 Å². The van der Waals surface area contributed by atoms with Crippen LogP contribution in [-0.2, 0) is 6.30 Å². The third kappa shape index (κ3) is 1.33. The molecule has 7 heteroatoms. The first-order chi connectivity index (χ1) is 8.50. The molecule has 2 heterocycles. The number of hydrogen-bond acceptors (Lipinski definition) is 2. The molecule has 0 radical (unpaired) electrons. The molecule has 3 aromatic rings. The van der Waals surface area contributed by atoms with Crippen molar-refractivity contribution in [1.29, 1.82) is 0 Å². The minimum atomic E-state index is -4.77. The Bertz CT molecular complexity index is 800.